The second-order valence-corrected chi connectivity index (χ2v) is 9.44. The molecule has 1 aliphatic rings. The Bertz CT molecular complexity index is 1180. The van der Waals surface area contributed by atoms with Crippen LogP contribution < -0.4 is 0 Å². The van der Waals surface area contributed by atoms with Gasteiger partial charge in [0.15, 0.2) is 0 Å². The number of hydrogen-bond acceptors (Lipinski definition) is 1. The van der Waals surface area contributed by atoms with Gasteiger partial charge in [-0.15, -0.1) is 4.90 Å². The molecule has 4 rings (SSSR count). The van der Waals surface area contributed by atoms with Crippen molar-refractivity contribution in [3.8, 4) is 11.1 Å². The predicted molar refractivity (Wildman–Crippen MR) is 127 cm³/mol. The summed E-state index contributed by atoms with van der Waals surface area (Å²) in [7, 11) is 0. The predicted octanol–water partition coefficient (Wildman–Crippen LogP) is 9.12. The maximum atomic E-state index is 13.2. The van der Waals surface area contributed by atoms with Crippen molar-refractivity contribution in [1.82, 2.24) is 4.90 Å². The van der Waals surface area contributed by atoms with E-state index in [-0.39, 0.29) is 12.8 Å². The molecule has 0 bridgehead atoms. The first kappa shape index (κ1) is 25.5. The van der Waals surface area contributed by atoms with E-state index < -0.39 is 29.5 Å². The molecule has 0 radical (unpaired) electrons. The second kappa shape index (κ2) is 9.49. The molecule has 3 aromatic rings. The average molecular weight is 494 g/mol. The summed E-state index contributed by atoms with van der Waals surface area (Å²) in [6.45, 7) is 2.97. The van der Waals surface area contributed by atoms with Gasteiger partial charge in [0.05, 0.1) is 0 Å². The van der Waals surface area contributed by atoms with Crippen LogP contribution in [0.3, 0.4) is 0 Å². The number of alkyl halides is 6. The summed E-state index contributed by atoms with van der Waals surface area (Å²) < 4.78 is 79.0. The first-order valence-corrected chi connectivity index (χ1v) is 12.0. The van der Waals surface area contributed by atoms with Crippen LogP contribution in [0.25, 0.3) is 21.9 Å². The van der Waals surface area contributed by atoms with E-state index in [2.05, 4.69) is 25.1 Å². The lowest BCUT2D eigenvalue weighted by Gasteiger charge is -2.34. The van der Waals surface area contributed by atoms with Crippen LogP contribution in [0.2, 0.25) is 0 Å². The fraction of sp³-hybridized carbons (Fsp3) is 0.429. The van der Waals surface area contributed by atoms with Gasteiger partial charge in [0.25, 0.3) is 0 Å². The van der Waals surface area contributed by atoms with E-state index in [1.54, 1.807) is 0 Å². The zero-order valence-electron chi connectivity index (χ0n) is 19.9. The zero-order valence-corrected chi connectivity index (χ0v) is 19.9. The molecular weight excluding hydrogens is 464 g/mol. The van der Waals surface area contributed by atoms with Gasteiger partial charge < -0.3 is 0 Å². The molecule has 0 N–H and O–H groups in total. The summed E-state index contributed by atoms with van der Waals surface area (Å²) in [4.78, 5) is -1.30. The Balaban J connectivity index is 1.82. The summed E-state index contributed by atoms with van der Waals surface area (Å²) in [5.41, 5.74) is 4.54. The molecule has 0 saturated heterocycles. The second-order valence-electron chi connectivity index (χ2n) is 9.44. The molecule has 0 aromatic heterocycles. The Morgan fingerprint density at radius 3 is 2.00 bits per heavy atom. The molecule has 7 heteroatoms. The number of hydrogen-bond donors (Lipinski definition) is 0. The third kappa shape index (κ3) is 4.67. The summed E-state index contributed by atoms with van der Waals surface area (Å²) in [6, 6.07) is 18.0. The highest BCUT2D eigenvalue weighted by atomic mass is 19.4. The van der Waals surface area contributed by atoms with Crippen molar-refractivity contribution in [2.75, 3.05) is 6.54 Å². The normalized spacial score (nSPS) is 17.7. The lowest BCUT2D eigenvalue weighted by Crippen LogP contribution is -2.48. The van der Waals surface area contributed by atoms with Crippen molar-refractivity contribution in [1.29, 1.82) is 0 Å². The van der Waals surface area contributed by atoms with Crippen molar-refractivity contribution >= 4 is 10.8 Å². The van der Waals surface area contributed by atoms with E-state index in [4.69, 9.17) is 0 Å². The minimum atomic E-state index is -5.47. The van der Waals surface area contributed by atoms with Crippen molar-refractivity contribution in [3.63, 3.8) is 0 Å². The molecule has 3 aromatic carbocycles. The Hall–Kier alpha value is -2.54. The summed E-state index contributed by atoms with van der Waals surface area (Å²) in [6.07, 6.45) is -7.51. The van der Waals surface area contributed by atoms with Crippen molar-refractivity contribution < 1.29 is 26.3 Å². The van der Waals surface area contributed by atoms with Gasteiger partial charge in [0, 0.05) is 12.0 Å². The number of unbranched alkanes of at least 4 members (excludes halogenated alkanes) is 2. The monoisotopic (exact) mass is 493 g/mol. The van der Waals surface area contributed by atoms with Crippen LogP contribution in [0.4, 0.5) is 26.3 Å². The third-order valence-electron chi connectivity index (χ3n) is 7.28. The largest absolute Gasteiger partial charge is 0.467 e. The Morgan fingerprint density at radius 1 is 0.743 bits per heavy atom. The van der Waals surface area contributed by atoms with E-state index >= 15 is 0 Å². The van der Waals surface area contributed by atoms with Crippen molar-refractivity contribution in [2.24, 2.45) is 0 Å². The van der Waals surface area contributed by atoms with Crippen LogP contribution in [0, 0.1) is 6.92 Å². The molecule has 0 amide bonds. The minimum absolute atomic E-state index is 0.209. The third-order valence-corrected chi connectivity index (χ3v) is 7.28. The molecule has 1 nitrogen and oxygen atoms in total. The first-order valence-electron chi connectivity index (χ1n) is 12.0. The number of rotatable bonds is 8. The van der Waals surface area contributed by atoms with E-state index in [1.165, 1.54) is 0 Å². The van der Waals surface area contributed by atoms with Gasteiger partial charge in [-0.1, -0.05) is 80.8 Å². The molecule has 35 heavy (non-hydrogen) atoms. The van der Waals surface area contributed by atoms with Crippen LogP contribution in [0.1, 0.15) is 62.1 Å². The minimum Gasteiger partial charge on any atom is -0.155 e. The van der Waals surface area contributed by atoms with Crippen LogP contribution >= 0.6 is 0 Å². The summed E-state index contributed by atoms with van der Waals surface area (Å²) in [5.74, 6) is 0. The maximum Gasteiger partial charge on any atom is 0.467 e. The van der Waals surface area contributed by atoms with Gasteiger partial charge in [0.1, 0.15) is 0 Å². The number of aryl methyl sites for hydroxylation is 1. The van der Waals surface area contributed by atoms with Gasteiger partial charge in [0.2, 0.25) is 0 Å². The number of halogens is 6. The number of benzene rings is 3. The fourth-order valence-corrected chi connectivity index (χ4v) is 5.76. The van der Waals surface area contributed by atoms with E-state index in [0.29, 0.717) is 6.42 Å². The number of fused-ring (bicyclic) bond motifs is 5. The Labute approximate surface area is 201 Å². The van der Waals surface area contributed by atoms with Gasteiger partial charge in [-0.2, -0.15) is 26.3 Å². The molecule has 0 fully saturated rings. The molecule has 0 spiro atoms. The quantitative estimate of drug-likeness (QED) is 0.172. The summed E-state index contributed by atoms with van der Waals surface area (Å²) in [5, 5.41) is 2.17. The Morgan fingerprint density at radius 2 is 1.34 bits per heavy atom. The fourth-order valence-electron chi connectivity index (χ4n) is 5.76. The van der Waals surface area contributed by atoms with Gasteiger partial charge in [-0.3, -0.25) is 0 Å². The van der Waals surface area contributed by atoms with Crippen LogP contribution in [-0.4, -0.2) is 24.0 Å². The van der Waals surface area contributed by atoms with Crippen molar-refractivity contribution in [3.05, 3.63) is 71.3 Å². The molecular formula is C28H29F6N. The maximum absolute atomic E-state index is 13.2. The van der Waals surface area contributed by atoms with E-state index in [1.807, 2.05) is 43.3 Å². The van der Waals surface area contributed by atoms with Crippen LogP contribution in [-0.2, 0) is 5.41 Å². The molecule has 1 unspecified atom stereocenters. The SMILES string of the molecule is CCCCCC1(CCCN(C(F)(F)F)C(F)(F)F)c2ccccc2-c2c1cc(C)c1ccccc21. The first-order chi connectivity index (χ1) is 16.5. The Kier molecular flexibility index (Phi) is 6.93. The van der Waals surface area contributed by atoms with Gasteiger partial charge >= 0.3 is 12.6 Å². The molecule has 0 saturated carbocycles. The molecule has 0 heterocycles. The van der Waals surface area contributed by atoms with Gasteiger partial charge in [-0.05, 0) is 64.8 Å². The molecule has 188 valence electrons. The zero-order chi connectivity index (χ0) is 25.4. The highest BCUT2D eigenvalue weighted by molar-refractivity contribution is 6.03. The van der Waals surface area contributed by atoms with Crippen molar-refractivity contribution in [2.45, 2.75) is 70.4 Å². The molecule has 0 aliphatic heterocycles. The lowest BCUT2D eigenvalue weighted by molar-refractivity contribution is -0.373. The van der Waals surface area contributed by atoms with Crippen LogP contribution in [0.5, 0.6) is 0 Å². The van der Waals surface area contributed by atoms with E-state index in [0.717, 1.165) is 57.9 Å². The topological polar surface area (TPSA) is 3.24 Å². The number of nitrogens with zero attached hydrogens (tertiary/aromatic N) is 1. The van der Waals surface area contributed by atoms with Crippen LogP contribution in [0.15, 0.2) is 54.6 Å². The molecule has 1 aliphatic carbocycles. The van der Waals surface area contributed by atoms with Gasteiger partial charge in [-0.25, -0.2) is 0 Å². The lowest BCUT2D eigenvalue weighted by atomic mass is 9.70. The molecule has 1 atom stereocenters. The highest BCUT2D eigenvalue weighted by Crippen LogP contribution is 2.56. The average Bonchev–Trinajstić information content (AvgIpc) is 3.05. The smallest absolute Gasteiger partial charge is 0.155 e. The standard InChI is InChI=1S/C28H29F6N/c1-3-4-9-15-26(16-10-17-35(27(29,30)31)28(32,33)34)23-14-8-7-13-22(23)25-21-12-6-5-11-20(21)19(2)18-24(25)26/h5-8,11-14,18H,3-4,9-10,15-17H2,1-2H3. The highest BCUT2D eigenvalue weighted by Gasteiger charge is 2.53. The summed E-state index contributed by atoms with van der Waals surface area (Å²) >= 11 is 0. The van der Waals surface area contributed by atoms with E-state index in [9.17, 15) is 26.3 Å².